The molecular weight excluding hydrogens is 400 g/mol. The molecule has 1 unspecified atom stereocenters. The molecule has 29 heavy (non-hydrogen) atoms. The highest BCUT2D eigenvalue weighted by Crippen LogP contribution is 2.29. The molecule has 1 aromatic heterocycles. The van der Waals surface area contributed by atoms with Crippen LogP contribution in [0.5, 0.6) is 0 Å². The molecule has 1 aliphatic heterocycles. The van der Waals surface area contributed by atoms with Crippen molar-refractivity contribution in [1.29, 1.82) is 0 Å². The van der Waals surface area contributed by atoms with Gasteiger partial charge in [-0.25, -0.2) is 0 Å². The van der Waals surface area contributed by atoms with Gasteiger partial charge in [-0.15, -0.1) is 0 Å². The molecule has 0 bridgehead atoms. The third-order valence-corrected chi connectivity index (χ3v) is 5.28. The Morgan fingerprint density at radius 2 is 1.45 bits per heavy atom. The molecule has 3 aromatic rings. The number of halogens is 1. The smallest absolute Gasteiger partial charge is 0.121 e. The lowest BCUT2D eigenvalue weighted by Gasteiger charge is -2.39. The van der Waals surface area contributed by atoms with Gasteiger partial charge in [-0.3, -0.25) is 0 Å². The molecule has 0 spiro atoms. The van der Waals surface area contributed by atoms with E-state index in [-0.39, 0.29) is 6.10 Å². The summed E-state index contributed by atoms with van der Waals surface area (Å²) in [5.41, 5.74) is 2.39. The van der Waals surface area contributed by atoms with E-state index in [1.54, 1.807) is 0 Å². The van der Waals surface area contributed by atoms with Gasteiger partial charge >= 0.3 is 0 Å². The maximum atomic E-state index is 10.8. The number of nitrogens with zero attached hydrogens (tertiary/aromatic N) is 2. The monoisotopic (exact) mass is 425 g/mol. The van der Waals surface area contributed by atoms with Crippen LogP contribution in [0.1, 0.15) is 0 Å². The SMILES string of the molecule is C[N+]1(CC(O)Cn2c3ccccc3c3ccccc32)CCOCC1.[O-][Cl+3]([O-])([O-])O. The number of fused-ring (bicyclic) bond motifs is 3. The average Bonchev–Trinajstić information content (AvgIpc) is 2.95. The third kappa shape index (κ3) is 5.88. The third-order valence-electron chi connectivity index (χ3n) is 5.28. The van der Waals surface area contributed by atoms with E-state index in [1.807, 2.05) is 0 Å². The minimum absolute atomic E-state index is 0.368. The standard InChI is InChI=1S/C20H25N2O2.ClHO4/c1-22(10-12-24-13-11-22)15-16(23)14-21-19-8-4-2-6-17(19)18-7-3-5-9-20(18)21;2-1(3,4)5/h2-9,16,23H,10-15H2,1H3;(H,2,3,4,5)/q+1;. The van der Waals surface area contributed by atoms with Gasteiger partial charge in [0.2, 0.25) is 0 Å². The molecule has 1 atom stereocenters. The van der Waals surface area contributed by atoms with E-state index >= 15 is 0 Å². The van der Waals surface area contributed by atoms with Crippen molar-refractivity contribution in [3.63, 3.8) is 0 Å². The van der Waals surface area contributed by atoms with Crippen molar-refractivity contribution >= 4 is 21.8 Å². The lowest BCUT2D eigenvalue weighted by atomic mass is 10.2. The summed E-state index contributed by atoms with van der Waals surface area (Å²) in [5, 5.41) is 13.3. The second-order valence-corrected chi connectivity index (χ2v) is 8.35. The Bertz CT molecular complexity index is 890. The average molecular weight is 426 g/mol. The Morgan fingerprint density at radius 1 is 1.00 bits per heavy atom. The van der Waals surface area contributed by atoms with Crippen LogP contribution in [0.2, 0.25) is 0 Å². The van der Waals surface area contributed by atoms with Gasteiger partial charge in [0.15, 0.2) is 0 Å². The number of rotatable bonds is 4. The number of para-hydroxylation sites is 2. The number of aromatic nitrogens is 1. The van der Waals surface area contributed by atoms with E-state index in [9.17, 15) is 5.11 Å². The van der Waals surface area contributed by atoms with Crippen molar-refractivity contribution in [2.45, 2.75) is 12.6 Å². The van der Waals surface area contributed by atoms with Gasteiger partial charge in [-0.05, 0) is 12.1 Å². The summed E-state index contributed by atoms with van der Waals surface area (Å²) in [7, 11) is -2.47. The van der Waals surface area contributed by atoms with Crippen LogP contribution in [-0.4, -0.2) is 64.8 Å². The summed E-state index contributed by atoms with van der Waals surface area (Å²) in [5.74, 6) is 0. The number of likely N-dealkylation sites (N-methyl/N-ethyl adjacent to an activating group) is 1. The molecule has 158 valence electrons. The van der Waals surface area contributed by atoms with Gasteiger partial charge in [0, 0.05) is 21.8 Å². The molecular formula is C20H26ClN2O6+. The zero-order valence-electron chi connectivity index (χ0n) is 16.2. The second-order valence-electron chi connectivity index (χ2n) is 7.56. The molecule has 8 nitrogen and oxygen atoms in total. The number of aliphatic hydroxyl groups excluding tert-OH is 1. The summed E-state index contributed by atoms with van der Waals surface area (Å²) < 4.78 is 41.3. The maximum Gasteiger partial charge on any atom is 0.121 e. The number of hydrogen-bond donors (Lipinski definition) is 2. The predicted octanol–water partition coefficient (Wildman–Crippen LogP) is -1.49. The Hall–Kier alpha value is -1.75. The van der Waals surface area contributed by atoms with E-state index in [4.69, 9.17) is 23.4 Å². The van der Waals surface area contributed by atoms with Gasteiger partial charge in [0.25, 0.3) is 0 Å². The fourth-order valence-corrected chi connectivity index (χ4v) is 3.94. The first kappa shape index (κ1) is 21.9. The first-order valence-corrected chi connectivity index (χ1v) is 10.6. The number of ether oxygens (including phenoxy) is 1. The summed E-state index contributed by atoms with van der Waals surface area (Å²) in [6, 6.07) is 16.9. The first-order valence-electron chi connectivity index (χ1n) is 9.35. The van der Waals surface area contributed by atoms with Gasteiger partial charge in [0.1, 0.15) is 25.7 Å². The van der Waals surface area contributed by atoms with Crippen LogP contribution >= 0.6 is 0 Å². The Morgan fingerprint density at radius 3 is 1.93 bits per heavy atom. The van der Waals surface area contributed by atoms with Gasteiger partial charge < -0.3 is 18.9 Å². The molecule has 4 rings (SSSR count). The molecule has 2 N–H and O–H groups in total. The summed E-state index contributed by atoms with van der Waals surface area (Å²) >= 11 is 0. The fraction of sp³-hybridized carbons (Fsp3) is 0.400. The Balaban J connectivity index is 0.000000431. The lowest BCUT2D eigenvalue weighted by Crippen LogP contribution is -2.58. The number of benzene rings is 2. The largest absolute Gasteiger partial charge is 0.385 e. The van der Waals surface area contributed by atoms with Crippen molar-refractivity contribution in [3.8, 4) is 0 Å². The molecule has 2 heterocycles. The van der Waals surface area contributed by atoms with Crippen LogP contribution in [0.25, 0.3) is 21.8 Å². The van der Waals surface area contributed by atoms with Crippen molar-refractivity contribution < 1.29 is 43.2 Å². The van der Waals surface area contributed by atoms with Crippen LogP contribution < -0.4 is 14.0 Å². The Kier molecular flexibility index (Phi) is 6.77. The highest BCUT2D eigenvalue weighted by molar-refractivity contribution is 6.07. The number of aliphatic hydroxyl groups is 1. The van der Waals surface area contributed by atoms with Gasteiger partial charge in [0.05, 0.1) is 41.7 Å². The van der Waals surface area contributed by atoms with Crippen LogP contribution in [0.4, 0.5) is 0 Å². The molecule has 2 aromatic carbocycles. The summed E-state index contributed by atoms with van der Waals surface area (Å²) in [4.78, 5) is 0. The van der Waals surface area contributed by atoms with Crippen molar-refractivity contribution in [1.82, 2.24) is 4.57 Å². The number of morpholine rings is 1. The molecule has 0 saturated carbocycles. The van der Waals surface area contributed by atoms with Crippen molar-refractivity contribution in [2.75, 3.05) is 39.9 Å². The normalized spacial score (nSPS) is 17.7. The van der Waals surface area contributed by atoms with E-state index in [2.05, 4.69) is 60.1 Å². The van der Waals surface area contributed by atoms with E-state index in [1.165, 1.54) is 21.8 Å². The van der Waals surface area contributed by atoms with E-state index in [0.717, 1.165) is 37.3 Å². The zero-order chi connectivity index (χ0) is 21.1. The second kappa shape index (κ2) is 8.95. The molecule has 0 radical (unpaired) electrons. The molecule has 1 aliphatic rings. The van der Waals surface area contributed by atoms with Crippen molar-refractivity contribution in [3.05, 3.63) is 48.5 Å². The van der Waals surface area contributed by atoms with Gasteiger partial charge in [-0.1, -0.05) is 36.4 Å². The number of quaternary nitrogens is 1. The topological polar surface area (TPSA) is 124 Å². The predicted molar refractivity (Wildman–Crippen MR) is 99.3 cm³/mol. The Labute approximate surface area is 171 Å². The highest BCUT2D eigenvalue weighted by Gasteiger charge is 2.28. The highest BCUT2D eigenvalue weighted by atomic mass is 35.7. The van der Waals surface area contributed by atoms with Crippen LogP contribution in [-0.2, 0) is 11.3 Å². The molecule has 1 saturated heterocycles. The zero-order valence-corrected chi connectivity index (χ0v) is 17.0. The van der Waals surface area contributed by atoms with Crippen LogP contribution in [0.15, 0.2) is 48.5 Å². The number of hydrogen-bond acceptors (Lipinski definition) is 6. The maximum absolute atomic E-state index is 10.8. The summed E-state index contributed by atoms with van der Waals surface area (Å²) in [6.45, 7) is 4.93. The van der Waals surface area contributed by atoms with Crippen molar-refractivity contribution in [2.24, 2.45) is 0 Å². The fourth-order valence-electron chi connectivity index (χ4n) is 3.94. The summed E-state index contributed by atoms with van der Waals surface area (Å²) in [6.07, 6.45) is -0.368. The molecule has 0 amide bonds. The van der Waals surface area contributed by atoms with E-state index in [0.29, 0.717) is 6.54 Å². The van der Waals surface area contributed by atoms with E-state index < -0.39 is 10.2 Å². The first-order chi connectivity index (χ1) is 13.7. The lowest BCUT2D eigenvalue weighted by molar-refractivity contribution is -1.92. The van der Waals surface area contributed by atoms with Crippen LogP contribution in [0.3, 0.4) is 0 Å². The molecule has 9 heteroatoms. The van der Waals surface area contributed by atoms with Crippen LogP contribution in [0, 0.1) is 10.2 Å². The quantitative estimate of drug-likeness (QED) is 0.491. The minimum Gasteiger partial charge on any atom is -0.385 e. The van der Waals surface area contributed by atoms with Gasteiger partial charge in [-0.2, -0.15) is 14.0 Å². The molecule has 1 fully saturated rings. The minimum atomic E-state index is -4.69. The molecule has 0 aliphatic carbocycles.